The van der Waals surface area contributed by atoms with Gasteiger partial charge in [-0.1, -0.05) is 6.92 Å². The third kappa shape index (κ3) is 4.71. The van der Waals surface area contributed by atoms with Gasteiger partial charge in [0.15, 0.2) is 12.1 Å². The molecule has 0 N–H and O–H groups in total. The van der Waals surface area contributed by atoms with Gasteiger partial charge >= 0.3 is 0 Å². The van der Waals surface area contributed by atoms with Crippen LogP contribution in [-0.4, -0.2) is 69.5 Å². The zero-order valence-corrected chi connectivity index (χ0v) is 20.3. The Balaban J connectivity index is 1.42. The zero-order chi connectivity index (χ0) is 24.2. The molecular weight excluding hydrogens is 436 g/mol. The van der Waals surface area contributed by atoms with Crippen LogP contribution in [0.5, 0.6) is 11.5 Å². The monoisotopic (exact) mass is 468 g/mol. The summed E-state index contributed by atoms with van der Waals surface area (Å²) >= 11 is 0. The summed E-state index contributed by atoms with van der Waals surface area (Å²) in [7, 11) is 1.77. The molecule has 182 valence electrons. The van der Waals surface area contributed by atoms with Crippen LogP contribution in [0.15, 0.2) is 29.1 Å². The summed E-state index contributed by atoms with van der Waals surface area (Å²) < 4.78 is 14.4. The second-order valence-electron chi connectivity index (χ2n) is 8.34. The SMILES string of the molecule is CCCn1c(N2CCN(C(=O)COc3ccc(OCC)cc3)CC2)nc2c(C)nn(C)c2c1=O. The number of piperazine rings is 1. The number of aromatic nitrogens is 4. The van der Waals surface area contributed by atoms with Crippen molar-refractivity contribution in [2.24, 2.45) is 7.05 Å². The fraction of sp³-hybridized carbons (Fsp3) is 0.500. The van der Waals surface area contributed by atoms with Crippen LogP contribution in [0.25, 0.3) is 11.0 Å². The van der Waals surface area contributed by atoms with Crippen molar-refractivity contribution < 1.29 is 14.3 Å². The second kappa shape index (κ2) is 10.1. The molecule has 1 amide bonds. The van der Waals surface area contributed by atoms with Gasteiger partial charge in [0, 0.05) is 39.8 Å². The first kappa shape index (κ1) is 23.6. The fourth-order valence-electron chi connectivity index (χ4n) is 4.26. The highest BCUT2D eigenvalue weighted by Gasteiger charge is 2.26. The van der Waals surface area contributed by atoms with Crippen molar-refractivity contribution in [3.8, 4) is 11.5 Å². The Labute approximate surface area is 198 Å². The first-order valence-electron chi connectivity index (χ1n) is 11.8. The van der Waals surface area contributed by atoms with Crippen LogP contribution in [-0.2, 0) is 18.4 Å². The van der Waals surface area contributed by atoms with E-state index in [1.165, 1.54) is 0 Å². The van der Waals surface area contributed by atoms with Crippen LogP contribution in [0.2, 0.25) is 0 Å². The molecule has 0 unspecified atom stereocenters. The molecule has 1 saturated heterocycles. The lowest BCUT2D eigenvalue weighted by Gasteiger charge is -2.36. The van der Waals surface area contributed by atoms with E-state index in [2.05, 4.69) is 10.00 Å². The summed E-state index contributed by atoms with van der Waals surface area (Å²) in [4.78, 5) is 34.6. The summed E-state index contributed by atoms with van der Waals surface area (Å²) in [5.41, 5.74) is 1.82. The summed E-state index contributed by atoms with van der Waals surface area (Å²) in [5.74, 6) is 1.98. The zero-order valence-electron chi connectivity index (χ0n) is 20.3. The van der Waals surface area contributed by atoms with E-state index in [4.69, 9.17) is 14.5 Å². The summed E-state index contributed by atoms with van der Waals surface area (Å²) in [6, 6.07) is 7.24. The molecule has 0 saturated carbocycles. The van der Waals surface area contributed by atoms with Crippen molar-refractivity contribution >= 4 is 22.9 Å². The number of carbonyl (C=O) groups is 1. The van der Waals surface area contributed by atoms with Crippen molar-refractivity contribution in [1.29, 1.82) is 0 Å². The Morgan fingerprint density at radius 3 is 2.29 bits per heavy atom. The fourth-order valence-corrected chi connectivity index (χ4v) is 4.26. The van der Waals surface area contributed by atoms with E-state index in [0.29, 0.717) is 62.1 Å². The summed E-state index contributed by atoms with van der Waals surface area (Å²) in [6.07, 6.45) is 0.818. The van der Waals surface area contributed by atoms with Gasteiger partial charge in [0.05, 0.1) is 12.3 Å². The molecule has 34 heavy (non-hydrogen) atoms. The molecule has 0 spiro atoms. The van der Waals surface area contributed by atoms with Crippen LogP contribution in [0, 0.1) is 6.92 Å². The van der Waals surface area contributed by atoms with Gasteiger partial charge in [0.1, 0.15) is 17.0 Å². The summed E-state index contributed by atoms with van der Waals surface area (Å²) in [6.45, 7) is 9.26. The standard InChI is InChI=1S/C24H32N6O4/c1-5-11-30-23(32)22-21(17(3)26-27(22)4)25-24(30)29-14-12-28(13-15-29)20(31)16-34-19-9-7-18(8-10-19)33-6-2/h7-10H,5-6,11-16H2,1-4H3. The molecule has 1 aliphatic heterocycles. The number of hydrogen-bond donors (Lipinski definition) is 0. The van der Waals surface area contributed by atoms with E-state index in [1.807, 2.05) is 32.9 Å². The first-order valence-corrected chi connectivity index (χ1v) is 11.8. The number of ether oxygens (including phenoxy) is 2. The Kier molecular flexibility index (Phi) is 7.04. The highest BCUT2D eigenvalue weighted by Crippen LogP contribution is 2.20. The molecule has 0 radical (unpaired) electrons. The highest BCUT2D eigenvalue weighted by atomic mass is 16.5. The summed E-state index contributed by atoms with van der Waals surface area (Å²) in [5, 5.41) is 4.38. The minimum Gasteiger partial charge on any atom is -0.494 e. The Morgan fingerprint density at radius 2 is 1.68 bits per heavy atom. The van der Waals surface area contributed by atoms with Gasteiger partial charge in [-0.15, -0.1) is 0 Å². The Bertz CT molecular complexity index is 1210. The van der Waals surface area contributed by atoms with E-state index in [-0.39, 0.29) is 18.1 Å². The number of benzene rings is 1. The topological polar surface area (TPSA) is 94.7 Å². The van der Waals surface area contributed by atoms with Crippen LogP contribution in [0.4, 0.5) is 5.95 Å². The lowest BCUT2D eigenvalue weighted by Crippen LogP contribution is -2.51. The lowest BCUT2D eigenvalue weighted by atomic mass is 10.3. The van der Waals surface area contributed by atoms with E-state index in [9.17, 15) is 9.59 Å². The number of hydrogen-bond acceptors (Lipinski definition) is 7. The van der Waals surface area contributed by atoms with Crippen molar-refractivity contribution in [1.82, 2.24) is 24.2 Å². The molecular formula is C24H32N6O4. The highest BCUT2D eigenvalue weighted by molar-refractivity contribution is 5.79. The first-order chi connectivity index (χ1) is 16.4. The van der Waals surface area contributed by atoms with Crippen molar-refractivity contribution in [3.05, 3.63) is 40.3 Å². The van der Waals surface area contributed by atoms with Crippen LogP contribution >= 0.6 is 0 Å². The van der Waals surface area contributed by atoms with Gasteiger partial charge in [0.25, 0.3) is 11.5 Å². The molecule has 1 aromatic carbocycles. The smallest absolute Gasteiger partial charge is 0.281 e. The minimum atomic E-state index is -0.0767. The van der Waals surface area contributed by atoms with E-state index >= 15 is 0 Å². The molecule has 3 aromatic rings. The van der Waals surface area contributed by atoms with Gasteiger partial charge in [-0.25, -0.2) is 4.98 Å². The molecule has 10 heteroatoms. The van der Waals surface area contributed by atoms with Crippen LogP contribution < -0.4 is 19.9 Å². The second-order valence-corrected chi connectivity index (χ2v) is 8.34. The number of fused-ring (bicyclic) bond motifs is 1. The van der Waals surface area contributed by atoms with Gasteiger partial charge in [-0.2, -0.15) is 5.10 Å². The normalized spacial score (nSPS) is 14.0. The molecule has 10 nitrogen and oxygen atoms in total. The van der Waals surface area contributed by atoms with Crippen molar-refractivity contribution in [2.75, 3.05) is 44.3 Å². The van der Waals surface area contributed by atoms with Crippen molar-refractivity contribution in [3.63, 3.8) is 0 Å². The van der Waals surface area contributed by atoms with Crippen LogP contribution in [0.1, 0.15) is 26.0 Å². The Morgan fingerprint density at radius 1 is 1.03 bits per heavy atom. The molecule has 2 aromatic heterocycles. The number of amides is 1. The predicted octanol–water partition coefficient (Wildman–Crippen LogP) is 1.97. The third-order valence-electron chi connectivity index (χ3n) is 5.95. The van der Waals surface area contributed by atoms with Gasteiger partial charge in [-0.05, 0) is 44.5 Å². The molecule has 0 bridgehead atoms. The number of carbonyl (C=O) groups excluding carboxylic acids is 1. The van der Waals surface area contributed by atoms with E-state index < -0.39 is 0 Å². The molecule has 4 rings (SSSR count). The van der Waals surface area contributed by atoms with Gasteiger partial charge in [-0.3, -0.25) is 18.8 Å². The Hall–Kier alpha value is -3.56. The molecule has 1 fully saturated rings. The van der Waals surface area contributed by atoms with Crippen molar-refractivity contribution in [2.45, 2.75) is 33.7 Å². The largest absolute Gasteiger partial charge is 0.494 e. The van der Waals surface area contributed by atoms with E-state index in [1.54, 1.807) is 33.3 Å². The maximum Gasteiger partial charge on any atom is 0.281 e. The maximum atomic E-state index is 13.2. The molecule has 1 aliphatic rings. The predicted molar refractivity (Wildman–Crippen MR) is 130 cm³/mol. The van der Waals surface area contributed by atoms with Crippen LogP contribution in [0.3, 0.4) is 0 Å². The molecule has 0 atom stereocenters. The minimum absolute atomic E-state index is 0.0202. The average molecular weight is 469 g/mol. The lowest BCUT2D eigenvalue weighted by molar-refractivity contribution is -0.133. The molecule has 3 heterocycles. The average Bonchev–Trinajstić information content (AvgIpc) is 3.13. The third-order valence-corrected chi connectivity index (χ3v) is 5.95. The number of rotatable bonds is 8. The van der Waals surface area contributed by atoms with Gasteiger partial charge < -0.3 is 19.3 Å². The number of aryl methyl sites for hydroxylation is 2. The number of nitrogens with zero attached hydrogens (tertiary/aromatic N) is 6. The molecule has 0 aliphatic carbocycles. The quantitative estimate of drug-likeness (QED) is 0.499. The maximum absolute atomic E-state index is 13.2. The number of anilines is 1. The van der Waals surface area contributed by atoms with Gasteiger partial charge in [0.2, 0.25) is 5.95 Å². The van der Waals surface area contributed by atoms with E-state index in [0.717, 1.165) is 17.9 Å².